The summed E-state index contributed by atoms with van der Waals surface area (Å²) in [6, 6.07) is 10.7. The summed E-state index contributed by atoms with van der Waals surface area (Å²) in [5, 5.41) is 3.82. The third kappa shape index (κ3) is 4.39. The number of benzene rings is 1. The van der Waals surface area contributed by atoms with Crippen LogP contribution >= 0.6 is 11.6 Å². The van der Waals surface area contributed by atoms with Crippen molar-refractivity contribution < 1.29 is 9.59 Å². The largest absolute Gasteiger partial charge is 0.324 e. The van der Waals surface area contributed by atoms with Crippen LogP contribution in [0.5, 0.6) is 0 Å². The first-order chi connectivity index (χ1) is 12.5. The van der Waals surface area contributed by atoms with Gasteiger partial charge < -0.3 is 10.2 Å². The van der Waals surface area contributed by atoms with Crippen LogP contribution < -0.4 is 10.2 Å². The molecule has 0 radical (unpaired) electrons. The molecular formula is C19H21ClN4O2. The van der Waals surface area contributed by atoms with Gasteiger partial charge >= 0.3 is 6.03 Å². The molecule has 1 saturated heterocycles. The van der Waals surface area contributed by atoms with E-state index in [1.807, 2.05) is 17.0 Å². The molecule has 2 aromatic rings. The van der Waals surface area contributed by atoms with Gasteiger partial charge in [0, 0.05) is 48.6 Å². The molecular weight excluding hydrogens is 352 g/mol. The Kier molecular flexibility index (Phi) is 5.85. The van der Waals surface area contributed by atoms with Crippen LogP contribution in [0.15, 0.2) is 42.6 Å². The van der Waals surface area contributed by atoms with Crippen molar-refractivity contribution in [3.8, 4) is 0 Å². The first-order valence-electron chi connectivity index (χ1n) is 8.53. The molecule has 0 aliphatic carbocycles. The van der Waals surface area contributed by atoms with E-state index in [4.69, 9.17) is 11.6 Å². The third-order valence-electron chi connectivity index (χ3n) is 4.29. The molecule has 1 aliphatic heterocycles. The summed E-state index contributed by atoms with van der Waals surface area (Å²) in [7, 11) is 0. The normalized spacial score (nSPS) is 14.2. The highest BCUT2D eigenvalue weighted by molar-refractivity contribution is 6.30. The Morgan fingerprint density at radius 3 is 2.62 bits per heavy atom. The number of carbonyl (C=O) groups excluding carboxylic acids is 2. The van der Waals surface area contributed by atoms with E-state index in [0.717, 1.165) is 18.8 Å². The first-order valence-corrected chi connectivity index (χ1v) is 8.91. The minimum absolute atomic E-state index is 0.0346. The van der Waals surface area contributed by atoms with E-state index >= 15 is 0 Å². The molecule has 1 N–H and O–H groups in total. The SMILES string of the molecule is CC(=O)c1ccc(CN(C(=O)N2CCNCC2)c2cccc(Cl)c2)nc1. The van der Waals surface area contributed by atoms with Gasteiger partial charge in [0.05, 0.1) is 12.2 Å². The number of halogens is 1. The maximum Gasteiger partial charge on any atom is 0.324 e. The number of nitrogens with one attached hydrogen (secondary N) is 1. The van der Waals surface area contributed by atoms with Crippen LogP contribution in [0.25, 0.3) is 0 Å². The molecule has 1 aromatic carbocycles. The Morgan fingerprint density at radius 1 is 1.23 bits per heavy atom. The van der Waals surface area contributed by atoms with Crippen molar-refractivity contribution in [1.29, 1.82) is 0 Å². The summed E-state index contributed by atoms with van der Waals surface area (Å²) in [6.45, 7) is 4.69. The fourth-order valence-corrected chi connectivity index (χ4v) is 3.01. The molecule has 1 fully saturated rings. The van der Waals surface area contributed by atoms with Gasteiger partial charge in [0.15, 0.2) is 5.78 Å². The second kappa shape index (κ2) is 8.29. The van der Waals surface area contributed by atoms with Crippen LogP contribution in [-0.4, -0.2) is 47.9 Å². The van der Waals surface area contributed by atoms with E-state index < -0.39 is 0 Å². The number of urea groups is 1. The van der Waals surface area contributed by atoms with E-state index in [-0.39, 0.29) is 11.8 Å². The second-order valence-corrected chi connectivity index (χ2v) is 6.62. The van der Waals surface area contributed by atoms with Crippen molar-refractivity contribution in [3.05, 3.63) is 58.9 Å². The van der Waals surface area contributed by atoms with Crippen molar-refractivity contribution in [3.63, 3.8) is 0 Å². The molecule has 0 unspecified atom stereocenters. The number of aromatic nitrogens is 1. The zero-order valence-corrected chi connectivity index (χ0v) is 15.4. The Labute approximate surface area is 157 Å². The number of amides is 2. The predicted molar refractivity (Wildman–Crippen MR) is 102 cm³/mol. The van der Waals surface area contributed by atoms with Crippen LogP contribution in [0.4, 0.5) is 10.5 Å². The van der Waals surface area contributed by atoms with Crippen LogP contribution in [-0.2, 0) is 6.54 Å². The second-order valence-electron chi connectivity index (χ2n) is 6.18. The van der Waals surface area contributed by atoms with E-state index in [1.165, 1.54) is 6.92 Å². The molecule has 26 heavy (non-hydrogen) atoms. The van der Waals surface area contributed by atoms with Crippen LogP contribution in [0.1, 0.15) is 23.0 Å². The standard InChI is InChI=1S/C19H21ClN4O2/c1-14(25)15-5-6-17(22-12-15)13-24(18-4-2-3-16(20)11-18)19(26)23-9-7-21-8-10-23/h2-6,11-12,21H,7-10,13H2,1H3. The fraction of sp³-hybridized carbons (Fsp3) is 0.316. The molecule has 0 spiro atoms. The number of anilines is 1. The van der Waals surface area contributed by atoms with Crippen LogP contribution in [0.3, 0.4) is 0 Å². The van der Waals surface area contributed by atoms with Gasteiger partial charge in [0.25, 0.3) is 0 Å². The molecule has 3 rings (SSSR count). The van der Waals surface area contributed by atoms with Crippen molar-refractivity contribution >= 4 is 29.1 Å². The van der Waals surface area contributed by atoms with Gasteiger partial charge in [-0.2, -0.15) is 0 Å². The molecule has 1 aromatic heterocycles. The average molecular weight is 373 g/mol. The number of Topliss-reactive ketones (excluding diaryl/α,β-unsaturated/α-hetero) is 1. The Bertz CT molecular complexity index is 788. The molecule has 2 amide bonds. The van der Waals surface area contributed by atoms with Crippen molar-refractivity contribution in [2.24, 2.45) is 0 Å². The van der Waals surface area contributed by atoms with E-state index in [1.54, 1.807) is 35.4 Å². The van der Waals surface area contributed by atoms with Crippen molar-refractivity contribution in [2.45, 2.75) is 13.5 Å². The highest BCUT2D eigenvalue weighted by Crippen LogP contribution is 2.23. The first kappa shape index (κ1) is 18.4. The van der Waals surface area contributed by atoms with E-state index in [0.29, 0.717) is 35.9 Å². The number of pyridine rings is 1. The molecule has 0 saturated carbocycles. The summed E-state index contributed by atoms with van der Waals surface area (Å²) < 4.78 is 0. The lowest BCUT2D eigenvalue weighted by molar-refractivity contribution is 0.101. The molecule has 7 heteroatoms. The monoisotopic (exact) mass is 372 g/mol. The lowest BCUT2D eigenvalue weighted by atomic mass is 10.2. The molecule has 0 bridgehead atoms. The van der Waals surface area contributed by atoms with Gasteiger partial charge in [-0.25, -0.2) is 4.79 Å². The van der Waals surface area contributed by atoms with Gasteiger partial charge in [-0.1, -0.05) is 17.7 Å². The fourth-order valence-electron chi connectivity index (χ4n) is 2.83. The Morgan fingerprint density at radius 2 is 2.00 bits per heavy atom. The Balaban J connectivity index is 1.87. The van der Waals surface area contributed by atoms with Crippen molar-refractivity contribution in [1.82, 2.24) is 15.2 Å². The molecule has 0 atom stereocenters. The number of carbonyl (C=O) groups is 2. The number of hydrogen-bond acceptors (Lipinski definition) is 4. The Hall–Kier alpha value is -2.44. The lowest BCUT2D eigenvalue weighted by Gasteiger charge is -2.33. The van der Waals surface area contributed by atoms with Crippen molar-refractivity contribution in [2.75, 3.05) is 31.1 Å². The zero-order chi connectivity index (χ0) is 18.5. The van der Waals surface area contributed by atoms with Gasteiger partial charge in [-0.15, -0.1) is 0 Å². The maximum absolute atomic E-state index is 13.1. The molecule has 1 aliphatic rings. The topological polar surface area (TPSA) is 65.5 Å². The number of ketones is 1. The minimum Gasteiger partial charge on any atom is -0.322 e. The quantitative estimate of drug-likeness (QED) is 0.838. The summed E-state index contributed by atoms with van der Waals surface area (Å²) >= 11 is 6.12. The number of nitrogens with zero attached hydrogens (tertiary/aromatic N) is 3. The highest BCUT2D eigenvalue weighted by atomic mass is 35.5. The zero-order valence-electron chi connectivity index (χ0n) is 14.6. The molecule has 6 nitrogen and oxygen atoms in total. The van der Waals surface area contributed by atoms with Gasteiger partial charge in [-0.3, -0.25) is 14.7 Å². The smallest absolute Gasteiger partial charge is 0.322 e. The van der Waals surface area contributed by atoms with Gasteiger partial charge in [-0.05, 0) is 37.3 Å². The molecule has 2 heterocycles. The number of rotatable bonds is 4. The number of hydrogen-bond donors (Lipinski definition) is 1. The summed E-state index contributed by atoms with van der Waals surface area (Å²) in [6.07, 6.45) is 1.54. The lowest BCUT2D eigenvalue weighted by Crippen LogP contribution is -2.51. The van der Waals surface area contributed by atoms with Crippen LogP contribution in [0.2, 0.25) is 5.02 Å². The van der Waals surface area contributed by atoms with E-state index in [2.05, 4.69) is 10.3 Å². The van der Waals surface area contributed by atoms with Gasteiger partial charge in [0.1, 0.15) is 0 Å². The van der Waals surface area contributed by atoms with Crippen LogP contribution in [0, 0.1) is 0 Å². The minimum atomic E-state index is -0.0776. The maximum atomic E-state index is 13.1. The number of piperazine rings is 1. The van der Waals surface area contributed by atoms with E-state index in [9.17, 15) is 9.59 Å². The average Bonchev–Trinajstić information content (AvgIpc) is 2.66. The highest BCUT2D eigenvalue weighted by Gasteiger charge is 2.24. The molecule has 136 valence electrons. The summed E-state index contributed by atoms with van der Waals surface area (Å²) in [4.78, 5) is 32.3. The van der Waals surface area contributed by atoms with Gasteiger partial charge in [0.2, 0.25) is 0 Å². The summed E-state index contributed by atoms with van der Waals surface area (Å²) in [5.74, 6) is -0.0346. The predicted octanol–water partition coefficient (Wildman–Crippen LogP) is 2.97. The third-order valence-corrected chi connectivity index (χ3v) is 4.52. The summed E-state index contributed by atoms with van der Waals surface area (Å²) in [5.41, 5.74) is 1.98.